The highest BCUT2D eigenvalue weighted by atomic mass is 32.3. The molecule has 13 heavy (non-hydrogen) atoms. The predicted molar refractivity (Wildman–Crippen MR) is 47.1 cm³/mol. The number of ether oxygens (including phenoxy) is 1. The lowest BCUT2D eigenvalue weighted by atomic mass is 10.4. The number of hydrogen-bond donors (Lipinski definition) is 2. The fourth-order valence-electron chi connectivity index (χ4n) is 0.917. The summed E-state index contributed by atoms with van der Waals surface area (Å²) in [7, 11) is -4.67. The average molecular weight is 213 g/mol. The minimum atomic E-state index is -4.67. The van der Waals surface area contributed by atoms with Gasteiger partial charge >= 0.3 is 10.4 Å². The van der Waals surface area contributed by atoms with Crippen LogP contribution in [0.15, 0.2) is 0 Å². The monoisotopic (exact) mass is 213 g/mol. The zero-order valence-electron chi connectivity index (χ0n) is 7.51. The number of morpholine rings is 1. The van der Waals surface area contributed by atoms with Crippen LogP contribution in [0.1, 0.15) is 6.92 Å². The molecule has 0 spiro atoms. The van der Waals surface area contributed by atoms with Crippen molar-refractivity contribution in [3.63, 3.8) is 0 Å². The van der Waals surface area contributed by atoms with Gasteiger partial charge in [0.2, 0.25) is 0 Å². The molecule has 2 N–H and O–H groups in total. The fourth-order valence-corrected chi connectivity index (χ4v) is 0.917. The van der Waals surface area contributed by atoms with Crippen molar-refractivity contribution >= 4 is 10.4 Å². The molecular formula is C6H15NO5S. The Morgan fingerprint density at radius 3 is 1.92 bits per heavy atom. The zero-order chi connectivity index (χ0) is 10.3. The van der Waals surface area contributed by atoms with E-state index in [9.17, 15) is 0 Å². The van der Waals surface area contributed by atoms with Crippen molar-refractivity contribution in [1.82, 2.24) is 4.90 Å². The van der Waals surface area contributed by atoms with Crippen molar-refractivity contribution in [3.05, 3.63) is 0 Å². The first-order valence-corrected chi connectivity index (χ1v) is 5.33. The molecule has 0 aliphatic carbocycles. The molecule has 1 heterocycles. The molecule has 0 aromatic carbocycles. The van der Waals surface area contributed by atoms with E-state index in [0.717, 1.165) is 26.3 Å². The van der Waals surface area contributed by atoms with Gasteiger partial charge in [-0.1, -0.05) is 6.92 Å². The summed E-state index contributed by atoms with van der Waals surface area (Å²) in [4.78, 5) is 2.39. The summed E-state index contributed by atoms with van der Waals surface area (Å²) < 4.78 is 36.7. The van der Waals surface area contributed by atoms with Crippen LogP contribution in [-0.2, 0) is 15.1 Å². The van der Waals surface area contributed by atoms with Crippen LogP contribution in [0.3, 0.4) is 0 Å². The van der Waals surface area contributed by atoms with Crippen LogP contribution in [0, 0.1) is 0 Å². The SMILES string of the molecule is CCN1CCOCC1.O=S(=O)(O)O. The van der Waals surface area contributed by atoms with Gasteiger partial charge in [0.25, 0.3) is 0 Å². The van der Waals surface area contributed by atoms with Gasteiger partial charge in [-0.3, -0.25) is 14.0 Å². The molecule has 80 valence electrons. The molecule has 1 saturated heterocycles. The van der Waals surface area contributed by atoms with E-state index in [2.05, 4.69) is 11.8 Å². The molecule has 0 bridgehead atoms. The van der Waals surface area contributed by atoms with Gasteiger partial charge in [-0.25, -0.2) is 0 Å². The summed E-state index contributed by atoms with van der Waals surface area (Å²) in [5, 5.41) is 0. The highest BCUT2D eigenvalue weighted by molar-refractivity contribution is 7.79. The summed E-state index contributed by atoms with van der Waals surface area (Å²) in [6.07, 6.45) is 0. The first-order valence-electron chi connectivity index (χ1n) is 3.93. The van der Waals surface area contributed by atoms with Crippen LogP contribution in [-0.4, -0.2) is 55.3 Å². The maximum Gasteiger partial charge on any atom is 0.394 e. The Balaban J connectivity index is 0.000000252. The van der Waals surface area contributed by atoms with E-state index in [1.54, 1.807) is 0 Å². The summed E-state index contributed by atoms with van der Waals surface area (Å²) in [5.41, 5.74) is 0. The van der Waals surface area contributed by atoms with E-state index in [4.69, 9.17) is 22.3 Å². The van der Waals surface area contributed by atoms with E-state index in [0.29, 0.717) is 0 Å². The minimum absolute atomic E-state index is 0.924. The molecule has 7 heteroatoms. The van der Waals surface area contributed by atoms with Crippen LogP contribution < -0.4 is 0 Å². The van der Waals surface area contributed by atoms with E-state index in [1.165, 1.54) is 6.54 Å². The van der Waals surface area contributed by atoms with Gasteiger partial charge in [0.15, 0.2) is 0 Å². The number of rotatable bonds is 1. The first-order chi connectivity index (χ1) is 5.93. The Bertz CT molecular complexity index is 201. The molecule has 1 rings (SSSR count). The standard InChI is InChI=1S/C6H13NO.H2O4S/c1-2-7-3-5-8-6-4-7;1-5(2,3)4/h2-6H2,1H3;(H2,1,2,3,4). The molecule has 0 saturated carbocycles. The number of likely N-dealkylation sites (N-methyl/N-ethyl adjacent to an activating group) is 1. The summed E-state index contributed by atoms with van der Waals surface area (Å²) >= 11 is 0. The minimum Gasteiger partial charge on any atom is -0.379 e. The molecule has 1 aliphatic rings. The van der Waals surface area contributed by atoms with Gasteiger partial charge in [-0.2, -0.15) is 8.42 Å². The van der Waals surface area contributed by atoms with Gasteiger partial charge < -0.3 is 4.74 Å². The van der Waals surface area contributed by atoms with E-state index < -0.39 is 10.4 Å². The highest BCUT2D eigenvalue weighted by Crippen LogP contribution is 1.93. The third-order valence-electron chi connectivity index (χ3n) is 1.55. The predicted octanol–water partition coefficient (Wildman–Crippen LogP) is -0.314. The molecule has 0 atom stereocenters. The van der Waals surface area contributed by atoms with E-state index in [1.807, 2.05) is 0 Å². The van der Waals surface area contributed by atoms with E-state index in [-0.39, 0.29) is 0 Å². The Kier molecular flexibility index (Phi) is 6.17. The fraction of sp³-hybridized carbons (Fsp3) is 1.00. The topological polar surface area (TPSA) is 87.1 Å². The van der Waals surface area contributed by atoms with Crippen molar-refractivity contribution in [3.8, 4) is 0 Å². The molecule has 0 unspecified atom stereocenters. The average Bonchev–Trinajstić information content (AvgIpc) is 2.03. The third kappa shape index (κ3) is 11.8. The van der Waals surface area contributed by atoms with Crippen molar-refractivity contribution in [2.24, 2.45) is 0 Å². The molecule has 0 radical (unpaired) electrons. The maximum absolute atomic E-state index is 8.74. The summed E-state index contributed by atoms with van der Waals surface area (Å²) in [6, 6.07) is 0. The second kappa shape index (κ2) is 6.28. The number of hydrogen-bond acceptors (Lipinski definition) is 4. The third-order valence-corrected chi connectivity index (χ3v) is 1.55. The normalized spacial score (nSPS) is 19.0. The molecule has 0 aromatic rings. The molecule has 1 fully saturated rings. The Hall–Kier alpha value is -0.210. The first kappa shape index (κ1) is 12.8. The lowest BCUT2D eigenvalue weighted by Gasteiger charge is -2.24. The van der Waals surface area contributed by atoms with Crippen LogP contribution in [0.5, 0.6) is 0 Å². The van der Waals surface area contributed by atoms with Gasteiger partial charge in [-0.05, 0) is 6.54 Å². The van der Waals surface area contributed by atoms with Crippen LogP contribution >= 0.6 is 0 Å². The van der Waals surface area contributed by atoms with Crippen molar-refractivity contribution in [1.29, 1.82) is 0 Å². The molecule has 6 nitrogen and oxygen atoms in total. The van der Waals surface area contributed by atoms with Gasteiger partial charge in [0, 0.05) is 13.1 Å². The van der Waals surface area contributed by atoms with E-state index >= 15 is 0 Å². The Labute approximate surface area is 78.1 Å². The highest BCUT2D eigenvalue weighted by Gasteiger charge is 2.05. The molecule has 1 aliphatic heterocycles. The lowest BCUT2D eigenvalue weighted by molar-refractivity contribution is 0.0405. The van der Waals surface area contributed by atoms with Crippen LogP contribution in [0.4, 0.5) is 0 Å². The smallest absolute Gasteiger partial charge is 0.379 e. The summed E-state index contributed by atoms with van der Waals surface area (Å²) in [6.45, 7) is 7.45. The van der Waals surface area contributed by atoms with Gasteiger partial charge in [0.05, 0.1) is 13.2 Å². The Morgan fingerprint density at radius 1 is 1.31 bits per heavy atom. The zero-order valence-corrected chi connectivity index (χ0v) is 8.33. The van der Waals surface area contributed by atoms with Crippen molar-refractivity contribution in [2.45, 2.75) is 6.92 Å². The molecule has 0 amide bonds. The lowest BCUT2D eigenvalue weighted by Crippen LogP contribution is -2.35. The van der Waals surface area contributed by atoms with Gasteiger partial charge in [-0.15, -0.1) is 0 Å². The van der Waals surface area contributed by atoms with Crippen molar-refractivity contribution < 1.29 is 22.3 Å². The molecular weight excluding hydrogens is 198 g/mol. The van der Waals surface area contributed by atoms with Crippen molar-refractivity contribution in [2.75, 3.05) is 32.8 Å². The Morgan fingerprint density at radius 2 is 1.69 bits per heavy atom. The quantitative estimate of drug-likeness (QED) is 0.581. The largest absolute Gasteiger partial charge is 0.394 e. The van der Waals surface area contributed by atoms with Crippen LogP contribution in [0.25, 0.3) is 0 Å². The van der Waals surface area contributed by atoms with Gasteiger partial charge in [0.1, 0.15) is 0 Å². The maximum atomic E-state index is 8.74. The molecule has 0 aromatic heterocycles. The number of nitrogens with zero attached hydrogens (tertiary/aromatic N) is 1. The van der Waals surface area contributed by atoms with Crippen LogP contribution in [0.2, 0.25) is 0 Å². The second-order valence-corrected chi connectivity index (χ2v) is 3.39. The second-order valence-electron chi connectivity index (χ2n) is 2.49. The summed E-state index contributed by atoms with van der Waals surface area (Å²) in [5.74, 6) is 0.